The molecule has 20 heavy (non-hydrogen) atoms. The number of urea groups is 1. The topological polar surface area (TPSA) is 69.6 Å². The van der Waals surface area contributed by atoms with Crippen molar-refractivity contribution in [2.45, 2.75) is 19.1 Å². The minimum absolute atomic E-state index is 0.123. The monoisotopic (exact) mass is 294 g/mol. The van der Waals surface area contributed by atoms with Crippen LogP contribution in [0.15, 0.2) is 18.2 Å². The van der Waals surface area contributed by atoms with Gasteiger partial charge in [-0.2, -0.15) is 11.8 Å². The quantitative estimate of drug-likeness (QED) is 0.880. The molecule has 1 saturated heterocycles. The van der Waals surface area contributed by atoms with Gasteiger partial charge < -0.3 is 15.3 Å². The molecular weight excluding hydrogens is 276 g/mol. The Kier molecular flexibility index (Phi) is 4.54. The fourth-order valence-electron chi connectivity index (χ4n) is 2.14. The molecule has 0 radical (unpaired) electrons. The number of anilines is 1. The standard InChI is InChI=1S/C14H18N2O3S/c1-9-3-4-12(11(7-9)13(17)18)15-14(19)16-5-6-20-10(2)8-16/h3-4,7,10H,5-6,8H2,1-2H3,(H,15,19)(H,17,18). The lowest BCUT2D eigenvalue weighted by Gasteiger charge is -2.30. The first-order chi connectivity index (χ1) is 9.47. The average molecular weight is 294 g/mol. The van der Waals surface area contributed by atoms with Gasteiger partial charge in [-0.25, -0.2) is 9.59 Å². The summed E-state index contributed by atoms with van der Waals surface area (Å²) in [4.78, 5) is 25.1. The van der Waals surface area contributed by atoms with Crippen molar-refractivity contribution in [3.63, 3.8) is 0 Å². The number of benzene rings is 1. The summed E-state index contributed by atoms with van der Waals surface area (Å²) >= 11 is 1.84. The van der Waals surface area contributed by atoms with Crippen molar-refractivity contribution in [3.8, 4) is 0 Å². The van der Waals surface area contributed by atoms with Crippen molar-refractivity contribution in [1.82, 2.24) is 4.90 Å². The van der Waals surface area contributed by atoms with Crippen LogP contribution in [-0.2, 0) is 0 Å². The molecule has 1 heterocycles. The molecule has 2 amide bonds. The third-order valence-electron chi connectivity index (χ3n) is 3.18. The molecule has 0 saturated carbocycles. The number of amides is 2. The number of carbonyl (C=O) groups excluding carboxylic acids is 1. The van der Waals surface area contributed by atoms with Gasteiger partial charge in [-0.3, -0.25) is 0 Å². The van der Waals surface area contributed by atoms with Gasteiger partial charge in [0.05, 0.1) is 11.3 Å². The second-order valence-corrected chi connectivity index (χ2v) is 6.46. The van der Waals surface area contributed by atoms with Crippen LogP contribution in [0.2, 0.25) is 0 Å². The van der Waals surface area contributed by atoms with E-state index in [1.54, 1.807) is 23.1 Å². The second kappa shape index (κ2) is 6.17. The number of nitrogens with zero attached hydrogens (tertiary/aromatic N) is 1. The summed E-state index contributed by atoms with van der Waals surface area (Å²) < 4.78 is 0. The van der Waals surface area contributed by atoms with Crippen LogP contribution in [0, 0.1) is 6.92 Å². The predicted molar refractivity (Wildman–Crippen MR) is 80.7 cm³/mol. The van der Waals surface area contributed by atoms with Gasteiger partial charge >= 0.3 is 12.0 Å². The van der Waals surface area contributed by atoms with Gasteiger partial charge in [0, 0.05) is 24.1 Å². The highest BCUT2D eigenvalue weighted by atomic mass is 32.2. The van der Waals surface area contributed by atoms with E-state index in [1.807, 2.05) is 18.7 Å². The number of carboxylic acid groups (broad SMARTS) is 1. The van der Waals surface area contributed by atoms with Gasteiger partial charge in [0.2, 0.25) is 0 Å². The SMILES string of the molecule is Cc1ccc(NC(=O)N2CCSC(C)C2)c(C(=O)O)c1. The Morgan fingerprint density at radius 3 is 2.85 bits per heavy atom. The van der Waals surface area contributed by atoms with Crippen LogP contribution in [-0.4, -0.2) is 46.1 Å². The Hall–Kier alpha value is -1.69. The van der Waals surface area contributed by atoms with Crippen molar-refractivity contribution >= 4 is 29.4 Å². The average Bonchev–Trinajstić information content (AvgIpc) is 2.40. The van der Waals surface area contributed by atoms with Crippen molar-refractivity contribution in [3.05, 3.63) is 29.3 Å². The van der Waals surface area contributed by atoms with Crippen molar-refractivity contribution in [2.75, 3.05) is 24.2 Å². The van der Waals surface area contributed by atoms with E-state index in [-0.39, 0.29) is 11.6 Å². The molecule has 0 aromatic heterocycles. The van der Waals surface area contributed by atoms with E-state index in [2.05, 4.69) is 12.2 Å². The first-order valence-electron chi connectivity index (χ1n) is 6.49. The van der Waals surface area contributed by atoms with Crippen LogP contribution in [0.5, 0.6) is 0 Å². The molecule has 1 atom stereocenters. The van der Waals surface area contributed by atoms with Gasteiger partial charge in [-0.1, -0.05) is 18.6 Å². The number of aryl methyl sites for hydroxylation is 1. The Labute approximate surface area is 122 Å². The number of carboxylic acids is 1. The number of hydrogen-bond acceptors (Lipinski definition) is 3. The molecule has 5 nitrogen and oxygen atoms in total. The summed E-state index contributed by atoms with van der Waals surface area (Å²) in [6.07, 6.45) is 0. The molecular formula is C14H18N2O3S. The van der Waals surface area contributed by atoms with Gasteiger partial charge in [-0.15, -0.1) is 0 Å². The molecule has 2 N–H and O–H groups in total. The highest BCUT2D eigenvalue weighted by Crippen LogP contribution is 2.21. The predicted octanol–water partition coefficient (Wildman–Crippen LogP) is 2.66. The zero-order chi connectivity index (χ0) is 14.7. The number of carbonyl (C=O) groups is 2. The van der Waals surface area contributed by atoms with Crippen molar-refractivity contribution < 1.29 is 14.7 Å². The van der Waals surface area contributed by atoms with Crippen LogP contribution in [0.25, 0.3) is 0 Å². The van der Waals surface area contributed by atoms with E-state index in [1.165, 1.54) is 0 Å². The van der Waals surface area contributed by atoms with Crippen LogP contribution in [0.4, 0.5) is 10.5 Å². The number of thioether (sulfide) groups is 1. The first kappa shape index (κ1) is 14.7. The van der Waals surface area contributed by atoms with Gasteiger partial charge in [0.1, 0.15) is 0 Å². The Morgan fingerprint density at radius 1 is 1.45 bits per heavy atom. The van der Waals surface area contributed by atoms with E-state index in [0.717, 1.165) is 11.3 Å². The van der Waals surface area contributed by atoms with Crippen LogP contribution in [0.1, 0.15) is 22.8 Å². The second-order valence-electron chi connectivity index (χ2n) is 4.91. The number of hydrogen-bond donors (Lipinski definition) is 2. The normalized spacial score (nSPS) is 18.7. The van der Waals surface area contributed by atoms with E-state index < -0.39 is 5.97 Å². The highest BCUT2D eigenvalue weighted by molar-refractivity contribution is 7.99. The third kappa shape index (κ3) is 3.45. The minimum Gasteiger partial charge on any atom is -0.478 e. The zero-order valence-electron chi connectivity index (χ0n) is 11.5. The smallest absolute Gasteiger partial charge is 0.337 e. The van der Waals surface area contributed by atoms with E-state index in [0.29, 0.717) is 24.0 Å². The van der Waals surface area contributed by atoms with E-state index >= 15 is 0 Å². The van der Waals surface area contributed by atoms with Gasteiger partial charge in [-0.05, 0) is 19.1 Å². The highest BCUT2D eigenvalue weighted by Gasteiger charge is 2.22. The maximum atomic E-state index is 12.2. The Bertz CT molecular complexity index is 533. The van der Waals surface area contributed by atoms with Gasteiger partial charge in [0.25, 0.3) is 0 Å². The summed E-state index contributed by atoms with van der Waals surface area (Å²) in [5, 5.41) is 12.3. The molecule has 1 unspecified atom stereocenters. The maximum Gasteiger partial charge on any atom is 0.337 e. The Balaban J connectivity index is 2.13. The first-order valence-corrected chi connectivity index (χ1v) is 7.53. The fraction of sp³-hybridized carbons (Fsp3) is 0.429. The van der Waals surface area contributed by atoms with Crippen LogP contribution >= 0.6 is 11.8 Å². The van der Waals surface area contributed by atoms with E-state index in [9.17, 15) is 14.7 Å². The maximum absolute atomic E-state index is 12.2. The van der Waals surface area contributed by atoms with Crippen molar-refractivity contribution in [2.24, 2.45) is 0 Å². The summed E-state index contributed by atoms with van der Waals surface area (Å²) in [6.45, 7) is 5.28. The molecule has 0 bridgehead atoms. The lowest BCUT2D eigenvalue weighted by atomic mass is 10.1. The number of rotatable bonds is 2. The van der Waals surface area contributed by atoms with Crippen LogP contribution < -0.4 is 5.32 Å². The Morgan fingerprint density at radius 2 is 2.20 bits per heavy atom. The summed E-state index contributed by atoms with van der Waals surface area (Å²) in [5.41, 5.74) is 1.32. The molecule has 1 aliphatic rings. The third-order valence-corrected chi connectivity index (χ3v) is 4.31. The molecule has 1 aromatic rings. The zero-order valence-corrected chi connectivity index (χ0v) is 12.4. The van der Waals surface area contributed by atoms with E-state index in [4.69, 9.17) is 0 Å². The number of aromatic carboxylic acids is 1. The van der Waals surface area contributed by atoms with Gasteiger partial charge in [0.15, 0.2) is 0 Å². The molecule has 1 aromatic carbocycles. The van der Waals surface area contributed by atoms with Crippen molar-refractivity contribution in [1.29, 1.82) is 0 Å². The molecule has 0 spiro atoms. The molecule has 1 fully saturated rings. The molecule has 1 aliphatic heterocycles. The molecule has 6 heteroatoms. The number of nitrogens with one attached hydrogen (secondary N) is 1. The fourth-order valence-corrected chi connectivity index (χ4v) is 3.15. The summed E-state index contributed by atoms with van der Waals surface area (Å²) in [5.74, 6) is -0.125. The largest absolute Gasteiger partial charge is 0.478 e. The summed E-state index contributed by atoms with van der Waals surface area (Å²) in [6, 6.07) is 4.76. The molecule has 0 aliphatic carbocycles. The lowest BCUT2D eigenvalue weighted by Crippen LogP contribution is -2.43. The van der Waals surface area contributed by atoms with Crippen LogP contribution in [0.3, 0.4) is 0 Å². The minimum atomic E-state index is -1.04. The molecule has 2 rings (SSSR count). The molecule has 108 valence electrons. The summed E-state index contributed by atoms with van der Waals surface area (Å²) in [7, 11) is 0. The lowest BCUT2D eigenvalue weighted by molar-refractivity contribution is 0.0698.